The molecule has 1 aliphatic rings. The van der Waals surface area contributed by atoms with E-state index in [-0.39, 0.29) is 13.0 Å². The zero-order valence-electron chi connectivity index (χ0n) is 6.06. The molecule has 1 N–H and O–H groups in total. The number of alkyl halides is 3. The van der Waals surface area contributed by atoms with Gasteiger partial charge in [-0.1, -0.05) is 6.42 Å². The summed E-state index contributed by atoms with van der Waals surface area (Å²) in [6.45, 7) is -0.329. The second kappa shape index (κ2) is 3.01. The molecule has 0 heterocycles. The van der Waals surface area contributed by atoms with E-state index in [0.29, 0.717) is 12.8 Å². The van der Waals surface area contributed by atoms with Gasteiger partial charge in [-0.15, -0.1) is 0 Å². The highest BCUT2D eigenvalue weighted by atomic mass is 19.4. The van der Waals surface area contributed by atoms with E-state index in [1.807, 2.05) is 0 Å². The molecule has 66 valence electrons. The fraction of sp³-hybridized carbons (Fsp3) is 1.00. The third-order valence-corrected chi connectivity index (χ3v) is 2.31. The van der Waals surface area contributed by atoms with Crippen LogP contribution in [0.1, 0.15) is 19.3 Å². The highest BCUT2D eigenvalue weighted by Gasteiger charge is 2.46. The quantitative estimate of drug-likeness (QED) is 0.634. The highest BCUT2D eigenvalue weighted by Crippen LogP contribution is 2.42. The number of halogens is 3. The fourth-order valence-corrected chi connectivity index (χ4v) is 1.69. The monoisotopic (exact) mass is 168 g/mol. The Kier molecular flexibility index (Phi) is 2.42. The van der Waals surface area contributed by atoms with Crippen LogP contribution in [-0.2, 0) is 0 Å². The molecule has 4 heteroatoms. The molecular weight excluding hydrogens is 157 g/mol. The van der Waals surface area contributed by atoms with E-state index in [9.17, 15) is 13.2 Å². The summed E-state index contributed by atoms with van der Waals surface area (Å²) in [5.41, 5.74) is 0. The maximum absolute atomic E-state index is 12.1. The van der Waals surface area contributed by atoms with Crippen LogP contribution in [0.5, 0.6) is 0 Å². The Labute approximate surface area is 63.2 Å². The van der Waals surface area contributed by atoms with E-state index in [2.05, 4.69) is 0 Å². The molecule has 1 saturated carbocycles. The molecule has 0 saturated heterocycles. The van der Waals surface area contributed by atoms with Gasteiger partial charge in [-0.25, -0.2) is 0 Å². The molecule has 0 bridgehead atoms. The molecule has 0 aliphatic heterocycles. The molecule has 0 aromatic heterocycles. The van der Waals surface area contributed by atoms with Crippen LogP contribution in [0.15, 0.2) is 0 Å². The Morgan fingerprint density at radius 2 is 1.91 bits per heavy atom. The predicted molar refractivity (Wildman–Crippen MR) is 34.0 cm³/mol. The predicted octanol–water partition coefficient (Wildman–Crippen LogP) is 1.96. The minimum Gasteiger partial charge on any atom is -0.396 e. The van der Waals surface area contributed by atoms with Gasteiger partial charge in [-0.05, 0) is 18.8 Å². The van der Waals surface area contributed by atoms with Crippen molar-refractivity contribution in [2.75, 3.05) is 6.61 Å². The molecule has 0 spiro atoms. The lowest BCUT2D eigenvalue weighted by molar-refractivity contribution is -0.186. The van der Waals surface area contributed by atoms with Crippen LogP contribution in [0, 0.1) is 11.8 Å². The fourth-order valence-electron chi connectivity index (χ4n) is 1.69. The summed E-state index contributed by atoms with van der Waals surface area (Å²) >= 11 is 0. The first kappa shape index (κ1) is 8.84. The van der Waals surface area contributed by atoms with E-state index >= 15 is 0 Å². The normalized spacial score (nSPS) is 32.7. The summed E-state index contributed by atoms with van der Waals surface area (Å²) in [6, 6.07) is 0. The van der Waals surface area contributed by atoms with Crippen LogP contribution in [-0.4, -0.2) is 17.9 Å². The first-order valence-corrected chi connectivity index (χ1v) is 3.73. The van der Waals surface area contributed by atoms with Gasteiger partial charge in [0.15, 0.2) is 0 Å². The number of aliphatic hydroxyl groups excluding tert-OH is 1. The molecule has 2 atom stereocenters. The first-order chi connectivity index (χ1) is 5.05. The molecule has 0 aromatic rings. The van der Waals surface area contributed by atoms with E-state index < -0.39 is 18.0 Å². The molecule has 0 unspecified atom stereocenters. The van der Waals surface area contributed by atoms with Crippen LogP contribution < -0.4 is 0 Å². The molecule has 1 rings (SSSR count). The second-order valence-electron chi connectivity index (χ2n) is 3.02. The number of hydrogen-bond acceptors (Lipinski definition) is 1. The van der Waals surface area contributed by atoms with E-state index in [1.165, 1.54) is 0 Å². The number of hydrogen-bond donors (Lipinski definition) is 1. The smallest absolute Gasteiger partial charge is 0.392 e. The summed E-state index contributed by atoms with van der Waals surface area (Å²) in [7, 11) is 0. The Hall–Kier alpha value is -0.250. The Balaban J connectivity index is 2.57. The SMILES string of the molecule is OC[C@H]1CCC[C@@H]1C(F)(F)F. The summed E-state index contributed by atoms with van der Waals surface area (Å²) in [5.74, 6) is -1.80. The van der Waals surface area contributed by atoms with Crippen molar-refractivity contribution >= 4 is 0 Å². The first-order valence-electron chi connectivity index (χ1n) is 3.73. The lowest BCUT2D eigenvalue weighted by Gasteiger charge is -2.19. The molecule has 11 heavy (non-hydrogen) atoms. The third kappa shape index (κ3) is 1.86. The lowest BCUT2D eigenvalue weighted by Crippen LogP contribution is -2.27. The van der Waals surface area contributed by atoms with Gasteiger partial charge >= 0.3 is 6.18 Å². The lowest BCUT2D eigenvalue weighted by atomic mass is 9.97. The standard InChI is InChI=1S/C7H11F3O/c8-7(9,10)6-3-1-2-5(6)4-11/h5-6,11H,1-4H2/t5-,6+/m1/s1. The van der Waals surface area contributed by atoms with Gasteiger partial charge in [-0.3, -0.25) is 0 Å². The highest BCUT2D eigenvalue weighted by molar-refractivity contribution is 4.81. The minimum absolute atomic E-state index is 0.189. The average molecular weight is 168 g/mol. The van der Waals surface area contributed by atoms with Crippen molar-refractivity contribution in [3.8, 4) is 0 Å². The van der Waals surface area contributed by atoms with Crippen molar-refractivity contribution in [2.45, 2.75) is 25.4 Å². The van der Waals surface area contributed by atoms with Gasteiger partial charge < -0.3 is 5.11 Å². The van der Waals surface area contributed by atoms with Crippen molar-refractivity contribution < 1.29 is 18.3 Å². The maximum Gasteiger partial charge on any atom is 0.392 e. The molecule has 0 radical (unpaired) electrons. The Bertz CT molecular complexity index is 132. The molecule has 1 fully saturated rings. The van der Waals surface area contributed by atoms with Gasteiger partial charge in [0.2, 0.25) is 0 Å². The van der Waals surface area contributed by atoms with Gasteiger partial charge in [0.25, 0.3) is 0 Å². The zero-order valence-corrected chi connectivity index (χ0v) is 6.06. The summed E-state index contributed by atoms with van der Waals surface area (Å²) in [6.07, 6.45) is -2.81. The van der Waals surface area contributed by atoms with Crippen LogP contribution >= 0.6 is 0 Å². The molecule has 0 amide bonds. The average Bonchev–Trinajstić information content (AvgIpc) is 2.31. The molecule has 1 aliphatic carbocycles. The van der Waals surface area contributed by atoms with E-state index in [1.54, 1.807) is 0 Å². The number of aliphatic hydroxyl groups is 1. The van der Waals surface area contributed by atoms with Crippen LogP contribution in [0.4, 0.5) is 13.2 Å². The van der Waals surface area contributed by atoms with Gasteiger partial charge in [0.1, 0.15) is 0 Å². The summed E-state index contributed by atoms with van der Waals surface area (Å²) in [4.78, 5) is 0. The molecule has 1 nitrogen and oxygen atoms in total. The topological polar surface area (TPSA) is 20.2 Å². The van der Waals surface area contributed by atoms with Crippen molar-refractivity contribution in [3.05, 3.63) is 0 Å². The molecular formula is C7H11F3O. The van der Waals surface area contributed by atoms with Gasteiger partial charge in [0.05, 0.1) is 5.92 Å². The number of rotatable bonds is 1. The van der Waals surface area contributed by atoms with E-state index in [0.717, 1.165) is 0 Å². The van der Waals surface area contributed by atoms with Crippen molar-refractivity contribution in [3.63, 3.8) is 0 Å². The molecule has 0 aromatic carbocycles. The largest absolute Gasteiger partial charge is 0.396 e. The van der Waals surface area contributed by atoms with Crippen molar-refractivity contribution in [1.29, 1.82) is 0 Å². The van der Waals surface area contributed by atoms with Crippen molar-refractivity contribution in [2.24, 2.45) is 11.8 Å². The van der Waals surface area contributed by atoms with Gasteiger partial charge in [0, 0.05) is 6.61 Å². The summed E-state index contributed by atoms with van der Waals surface area (Å²) < 4.78 is 36.3. The maximum atomic E-state index is 12.1. The zero-order chi connectivity index (χ0) is 8.48. The second-order valence-corrected chi connectivity index (χ2v) is 3.02. The van der Waals surface area contributed by atoms with Crippen LogP contribution in [0.25, 0.3) is 0 Å². The van der Waals surface area contributed by atoms with Crippen molar-refractivity contribution in [1.82, 2.24) is 0 Å². The summed E-state index contributed by atoms with van der Waals surface area (Å²) in [5, 5.41) is 8.60. The minimum atomic E-state index is -4.11. The Morgan fingerprint density at radius 1 is 1.27 bits per heavy atom. The van der Waals surface area contributed by atoms with Crippen LogP contribution in [0.2, 0.25) is 0 Å². The van der Waals surface area contributed by atoms with E-state index in [4.69, 9.17) is 5.11 Å². The Morgan fingerprint density at radius 3 is 2.27 bits per heavy atom. The van der Waals surface area contributed by atoms with Gasteiger partial charge in [-0.2, -0.15) is 13.2 Å². The van der Waals surface area contributed by atoms with Crippen LogP contribution in [0.3, 0.4) is 0 Å². The third-order valence-electron chi connectivity index (χ3n) is 2.31.